The standard InChI is InChI=1S/C15H13N3O2S/c1-10-4-6-11(7-5-10)18-13(9-12-3-2-8-21-12)14(15(19)20)16-17-18/h2-8H,9H2,1H3,(H,19,20). The van der Waals surface area contributed by atoms with Crippen LogP contribution in [0.25, 0.3) is 5.69 Å². The van der Waals surface area contributed by atoms with E-state index in [1.165, 1.54) is 0 Å². The lowest BCUT2D eigenvalue weighted by atomic mass is 10.2. The van der Waals surface area contributed by atoms with Crippen LogP contribution in [0.5, 0.6) is 0 Å². The Morgan fingerprint density at radius 2 is 2.05 bits per heavy atom. The number of carbonyl (C=O) groups is 1. The summed E-state index contributed by atoms with van der Waals surface area (Å²) in [5, 5.41) is 19.1. The third-order valence-corrected chi connectivity index (χ3v) is 4.04. The van der Waals surface area contributed by atoms with Crippen molar-refractivity contribution in [3.05, 3.63) is 63.6 Å². The van der Waals surface area contributed by atoms with Gasteiger partial charge in [-0.3, -0.25) is 0 Å². The number of carboxylic acid groups (broad SMARTS) is 1. The molecule has 3 aromatic rings. The van der Waals surface area contributed by atoms with Gasteiger partial charge in [0.1, 0.15) is 0 Å². The molecule has 5 nitrogen and oxygen atoms in total. The molecular formula is C15H13N3O2S. The maximum Gasteiger partial charge on any atom is 0.358 e. The first-order valence-electron chi connectivity index (χ1n) is 6.42. The highest BCUT2D eigenvalue weighted by Gasteiger charge is 2.20. The average Bonchev–Trinajstić information content (AvgIpc) is 3.10. The molecule has 106 valence electrons. The van der Waals surface area contributed by atoms with E-state index in [2.05, 4.69) is 10.3 Å². The maximum absolute atomic E-state index is 11.3. The van der Waals surface area contributed by atoms with E-state index >= 15 is 0 Å². The molecule has 0 bridgehead atoms. The fourth-order valence-corrected chi connectivity index (χ4v) is 2.81. The number of aromatic nitrogens is 3. The molecule has 3 rings (SSSR count). The van der Waals surface area contributed by atoms with Crippen LogP contribution in [0.2, 0.25) is 0 Å². The number of hydrogen-bond acceptors (Lipinski definition) is 4. The van der Waals surface area contributed by atoms with E-state index < -0.39 is 5.97 Å². The van der Waals surface area contributed by atoms with Crippen LogP contribution in [0.15, 0.2) is 41.8 Å². The Morgan fingerprint density at radius 3 is 2.67 bits per heavy atom. The second-order valence-electron chi connectivity index (χ2n) is 4.69. The molecule has 0 spiro atoms. The maximum atomic E-state index is 11.3. The monoisotopic (exact) mass is 299 g/mol. The molecule has 0 saturated heterocycles. The van der Waals surface area contributed by atoms with Gasteiger partial charge < -0.3 is 5.11 Å². The third kappa shape index (κ3) is 2.71. The molecular weight excluding hydrogens is 286 g/mol. The lowest BCUT2D eigenvalue weighted by Gasteiger charge is -2.06. The second kappa shape index (κ2) is 5.49. The number of rotatable bonds is 4. The van der Waals surface area contributed by atoms with Crippen molar-refractivity contribution in [1.82, 2.24) is 15.0 Å². The topological polar surface area (TPSA) is 68.0 Å². The van der Waals surface area contributed by atoms with E-state index in [4.69, 9.17) is 0 Å². The Kier molecular flexibility index (Phi) is 3.53. The molecule has 0 saturated carbocycles. The molecule has 21 heavy (non-hydrogen) atoms. The molecule has 0 fully saturated rings. The molecule has 0 amide bonds. The second-order valence-corrected chi connectivity index (χ2v) is 5.73. The molecule has 0 radical (unpaired) electrons. The van der Waals surface area contributed by atoms with E-state index in [0.29, 0.717) is 12.1 Å². The Labute approximate surface area is 125 Å². The van der Waals surface area contributed by atoms with Crippen LogP contribution in [0.3, 0.4) is 0 Å². The van der Waals surface area contributed by atoms with Crippen molar-refractivity contribution in [3.8, 4) is 5.69 Å². The predicted octanol–water partition coefficient (Wildman–Crippen LogP) is 2.93. The van der Waals surface area contributed by atoms with Crippen LogP contribution < -0.4 is 0 Å². The van der Waals surface area contributed by atoms with E-state index in [9.17, 15) is 9.90 Å². The summed E-state index contributed by atoms with van der Waals surface area (Å²) < 4.78 is 1.60. The molecule has 0 aliphatic carbocycles. The van der Waals surface area contributed by atoms with E-state index in [1.807, 2.05) is 48.7 Å². The van der Waals surface area contributed by atoms with Gasteiger partial charge in [-0.2, -0.15) is 0 Å². The minimum atomic E-state index is -1.06. The van der Waals surface area contributed by atoms with Crippen molar-refractivity contribution in [1.29, 1.82) is 0 Å². The number of benzene rings is 1. The smallest absolute Gasteiger partial charge is 0.358 e. The van der Waals surface area contributed by atoms with Crippen molar-refractivity contribution in [2.24, 2.45) is 0 Å². The molecule has 2 heterocycles. The largest absolute Gasteiger partial charge is 0.476 e. The third-order valence-electron chi connectivity index (χ3n) is 3.17. The quantitative estimate of drug-likeness (QED) is 0.804. The van der Waals surface area contributed by atoms with Gasteiger partial charge in [0.2, 0.25) is 0 Å². The number of aromatic carboxylic acids is 1. The van der Waals surface area contributed by atoms with Gasteiger partial charge in [-0.05, 0) is 30.5 Å². The summed E-state index contributed by atoms with van der Waals surface area (Å²) in [5.74, 6) is -1.06. The number of carboxylic acids is 1. The zero-order valence-corrected chi connectivity index (χ0v) is 12.2. The SMILES string of the molecule is Cc1ccc(-n2nnc(C(=O)O)c2Cc2cccs2)cc1. The number of nitrogens with zero attached hydrogens (tertiary/aromatic N) is 3. The molecule has 6 heteroatoms. The van der Waals surface area contributed by atoms with E-state index in [0.717, 1.165) is 16.1 Å². The summed E-state index contributed by atoms with van der Waals surface area (Å²) in [5.41, 5.74) is 2.54. The van der Waals surface area contributed by atoms with Gasteiger partial charge in [-0.15, -0.1) is 16.4 Å². The van der Waals surface area contributed by atoms with Crippen LogP contribution in [0.1, 0.15) is 26.6 Å². The fraction of sp³-hybridized carbons (Fsp3) is 0.133. The molecule has 1 aromatic carbocycles. The van der Waals surface area contributed by atoms with Crippen LogP contribution in [-0.2, 0) is 6.42 Å². The average molecular weight is 299 g/mol. The van der Waals surface area contributed by atoms with Gasteiger partial charge in [0.05, 0.1) is 11.4 Å². The summed E-state index contributed by atoms with van der Waals surface area (Å²) in [4.78, 5) is 12.4. The van der Waals surface area contributed by atoms with E-state index in [-0.39, 0.29) is 5.69 Å². The summed E-state index contributed by atoms with van der Waals surface area (Å²) >= 11 is 1.59. The van der Waals surface area contributed by atoms with Gasteiger partial charge in [-0.25, -0.2) is 9.48 Å². The van der Waals surface area contributed by atoms with E-state index in [1.54, 1.807) is 16.0 Å². The van der Waals surface area contributed by atoms with Gasteiger partial charge >= 0.3 is 5.97 Å². The van der Waals surface area contributed by atoms with Crippen molar-refractivity contribution in [2.75, 3.05) is 0 Å². The zero-order chi connectivity index (χ0) is 14.8. The van der Waals surface area contributed by atoms with Crippen LogP contribution >= 0.6 is 11.3 Å². The zero-order valence-electron chi connectivity index (χ0n) is 11.4. The number of thiophene rings is 1. The lowest BCUT2D eigenvalue weighted by molar-refractivity contribution is 0.0689. The molecule has 0 aliphatic heterocycles. The lowest BCUT2D eigenvalue weighted by Crippen LogP contribution is -2.07. The van der Waals surface area contributed by atoms with Crippen molar-refractivity contribution < 1.29 is 9.90 Å². The summed E-state index contributed by atoms with van der Waals surface area (Å²) in [6.45, 7) is 2.00. The van der Waals surface area contributed by atoms with Crippen molar-refractivity contribution in [2.45, 2.75) is 13.3 Å². The summed E-state index contributed by atoms with van der Waals surface area (Å²) in [7, 11) is 0. The first-order chi connectivity index (χ1) is 10.1. The van der Waals surface area contributed by atoms with Gasteiger partial charge in [0.15, 0.2) is 5.69 Å². The highest BCUT2D eigenvalue weighted by molar-refractivity contribution is 7.09. The fourth-order valence-electron chi connectivity index (χ4n) is 2.10. The normalized spacial score (nSPS) is 10.7. The predicted molar refractivity (Wildman–Crippen MR) is 80.2 cm³/mol. The van der Waals surface area contributed by atoms with Crippen molar-refractivity contribution in [3.63, 3.8) is 0 Å². The molecule has 0 atom stereocenters. The molecule has 2 aromatic heterocycles. The Bertz CT molecular complexity index is 761. The van der Waals surface area contributed by atoms with Crippen LogP contribution in [0, 0.1) is 6.92 Å². The highest BCUT2D eigenvalue weighted by Crippen LogP contribution is 2.20. The van der Waals surface area contributed by atoms with Gasteiger partial charge in [0, 0.05) is 11.3 Å². The van der Waals surface area contributed by atoms with Crippen molar-refractivity contribution >= 4 is 17.3 Å². The molecule has 1 N–H and O–H groups in total. The molecule has 0 unspecified atom stereocenters. The number of hydrogen-bond donors (Lipinski definition) is 1. The summed E-state index contributed by atoms with van der Waals surface area (Å²) in [6, 6.07) is 11.7. The Morgan fingerprint density at radius 1 is 1.29 bits per heavy atom. The Balaban J connectivity index is 2.08. The minimum Gasteiger partial charge on any atom is -0.476 e. The van der Waals surface area contributed by atoms with Crippen LogP contribution in [0.4, 0.5) is 0 Å². The first-order valence-corrected chi connectivity index (χ1v) is 7.30. The van der Waals surface area contributed by atoms with Gasteiger partial charge in [-0.1, -0.05) is 29.0 Å². The first kappa shape index (κ1) is 13.5. The molecule has 0 aliphatic rings. The summed E-state index contributed by atoms with van der Waals surface area (Å²) in [6.07, 6.45) is 0.500. The van der Waals surface area contributed by atoms with Gasteiger partial charge in [0.25, 0.3) is 0 Å². The number of aryl methyl sites for hydroxylation is 1. The van der Waals surface area contributed by atoms with Crippen LogP contribution in [-0.4, -0.2) is 26.1 Å². The highest BCUT2D eigenvalue weighted by atomic mass is 32.1. The Hall–Kier alpha value is -2.47. The minimum absolute atomic E-state index is 0.00368.